The van der Waals surface area contributed by atoms with Gasteiger partial charge in [-0.25, -0.2) is 4.79 Å². The molecule has 0 spiro atoms. The van der Waals surface area contributed by atoms with Gasteiger partial charge in [-0.1, -0.05) is 12.6 Å². The van der Waals surface area contributed by atoms with Crippen molar-refractivity contribution in [3.63, 3.8) is 0 Å². The maximum Gasteiger partial charge on any atom is 0.342 e. The first-order valence-corrected chi connectivity index (χ1v) is 5.80. The molecule has 1 aromatic rings. The summed E-state index contributed by atoms with van der Waals surface area (Å²) in [7, 11) is 0. The van der Waals surface area contributed by atoms with Crippen LogP contribution < -0.4 is 11.1 Å². The Hall–Kier alpha value is -2.30. The van der Waals surface area contributed by atoms with Crippen LogP contribution in [0, 0.1) is 0 Å². The zero-order valence-electron chi connectivity index (χ0n) is 11.3. The Morgan fingerprint density at radius 1 is 1.37 bits per heavy atom. The van der Waals surface area contributed by atoms with Gasteiger partial charge in [0, 0.05) is 5.69 Å². The van der Waals surface area contributed by atoms with Gasteiger partial charge in [0.1, 0.15) is 11.2 Å². The summed E-state index contributed by atoms with van der Waals surface area (Å²) >= 11 is 0. The average molecular weight is 262 g/mol. The molecule has 1 aromatic carbocycles. The predicted molar refractivity (Wildman–Crippen MR) is 74.8 cm³/mol. The molecule has 0 aliphatic heterocycles. The first-order valence-electron chi connectivity index (χ1n) is 5.80. The van der Waals surface area contributed by atoms with Gasteiger partial charge in [0.2, 0.25) is 5.91 Å². The van der Waals surface area contributed by atoms with E-state index in [1.807, 2.05) is 0 Å². The number of benzene rings is 1. The number of nitrogen functional groups attached to an aromatic ring is 1. The molecular weight excluding hydrogens is 244 g/mol. The Bertz CT molecular complexity index is 516. The number of carbonyl (C=O) groups is 2. The minimum absolute atomic E-state index is 0.146. The van der Waals surface area contributed by atoms with Crippen LogP contribution in [0.25, 0.3) is 0 Å². The molecule has 0 aliphatic carbocycles. The van der Waals surface area contributed by atoms with Crippen molar-refractivity contribution >= 4 is 23.3 Å². The zero-order chi connectivity index (χ0) is 14.6. The van der Waals surface area contributed by atoms with Gasteiger partial charge in [-0.15, -0.1) is 0 Å². The monoisotopic (exact) mass is 262 g/mol. The van der Waals surface area contributed by atoms with E-state index >= 15 is 0 Å². The van der Waals surface area contributed by atoms with Gasteiger partial charge in [0.15, 0.2) is 0 Å². The van der Waals surface area contributed by atoms with E-state index in [0.717, 1.165) is 6.08 Å². The van der Waals surface area contributed by atoms with Crippen molar-refractivity contribution < 1.29 is 14.3 Å². The first kappa shape index (κ1) is 14.8. The molecule has 0 fully saturated rings. The fourth-order valence-electron chi connectivity index (χ4n) is 1.42. The SMILES string of the molecule is C=CC(=O)Nc1cccc(N)c1C(=O)OC(C)(C)C. The van der Waals surface area contributed by atoms with Gasteiger partial charge in [-0.05, 0) is 39.0 Å². The van der Waals surface area contributed by atoms with Crippen LogP contribution in [0.4, 0.5) is 11.4 Å². The van der Waals surface area contributed by atoms with Crippen LogP contribution in [0.3, 0.4) is 0 Å². The second-order valence-corrected chi connectivity index (χ2v) is 4.97. The minimum atomic E-state index is -0.640. The molecule has 0 radical (unpaired) electrons. The molecule has 0 saturated carbocycles. The largest absolute Gasteiger partial charge is 0.456 e. The van der Waals surface area contributed by atoms with Crippen LogP contribution in [0.1, 0.15) is 31.1 Å². The number of hydrogen-bond acceptors (Lipinski definition) is 4. The molecule has 0 unspecified atom stereocenters. The lowest BCUT2D eigenvalue weighted by molar-refractivity contribution is -0.111. The van der Waals surface area contributed by atoms with Crippen molar-refractivity contribution in [1.82, 2.24) is 0 Å². The highest BCUT2D eigenvalue weighted by atomic mass is 16.6. The van der Waals surface area contributed by atoms with Crippen LogP contribution in [0.15, 0.2) is 30.9 Å². The number of nitrogens with two attached hydrogens (primary N) is 1. The molecule has 0 atom stereocenters. The first-order chi connectivity index (χ1) is 8.74. The third-order valence-corrected chi connectivity index (χ3v) is 2.14. The predicted octanol–water partition coefficient (Wildman–Crippen LogP) is 2.35. The summed E-state index contributed by atoms with van der Waals surface area (Å²) in [6.07, 6.45) is 1.11. The Morgan fingerprint density at radius 2 is 2.00 bits per heavy atom. The number of hydrogen-bond donors (Lipinski definition) is 2. The van der Waals surface area contributed by atoms with Crippen molar-refractivity contribution in [2.45, 2.75) is 26.4 Å². The maximum absolute atomic E-state index is 12.1. The fourth-order valence-corrected chi connectivity index (χ4v) is 1.42. The molecule has 5 nitrogen and oxygen atoms in total. The van der Waals surface area contributed by atoms with Crippen molar-refractivity contribution in [2.75, 3.05) is 11.1 Å². The van der Waals surface area contributed by atoms with E-state index in [0.29, 0.717) is 5.69 Å². The summed E-state index contributed by atoms with van der Waals surface area (Å²) in [5.74, 6) is -1.000. The quantitative estimate of drug-likeness (QED) is 0.497. The van der Waals surface area contributed by atoms with Crippen molar-refractivity contribution in [2.24, 2.45) is 0 Å². The van der Waals surface area contributed by atoms with Crippen molar-refractivity contribution in [3.05, 3.63) is 36.4 Å². The van der Waals surface area contributed by atoms with Crippen molar-refractivity contribution in [1.29, 1.82) is 0 Å². The zero-order valence-corrected chi connectivity index (χ0v) is 11.3. The maximum atomic E-state index is 12.1. The highest BCUT2D eigenvalue weighted by Gasteiger charge is 2.22. The molecule has 5 heteroatoms. The number of anilines is 2. The molecule has 0 saturated heterocycles. The molecule has 102 valence electrons. The lowest BCUT2D eigenvalue weighted by atomic mass is 10.1. The molecule has 0 aliphatic rings. The molecule has 0 bridgehead atoms. The Labute approximate surface area is 112 Å². The van der Waals surface area contributed by atoms with Crippen LogP contribution in [0.5, 0.6) is 0 Å². The summed E-state index contributed by atoms with van der Waals surface area (Å²) in [5.41, 5.74) is 5.84. The number of nitrogens with one attached hydrogen (secondary N) is 1. The second kappa shape index (κ2) is 5.56. The number of amides is 1. The number of carbonyl (C=O) groups excluding carboxylic acids is 2. The number of esters is 1. The van der Waals surface area contributed by atoms with Crippen molar-refractivity contribution in [3.8, 4) is 0 Å². The van der Waals surface area contributed by atoms with Gasteiger partial charge < -0.3 is 15.8 Å². The summed E-state index contributed by atoms with van der Waals surface area (Å²) in [4.78, 5) is 23.4. The van der Waals surface area contributed by atoms with E-state index in [1.54, 1.807) is 39.0 Å². The fraction of sp³-hybridized carbons (Fsp3) is 0.286. The van der Waals surface area contributed by atoms with Crippen LogP contribution in [-0.4, -0.2) is 17.5 Å². The highest BCUT2D eigenvalue weighted by molar-refractivity contribution is 6.07. The molecule has 1 amide bonds. The standard InChI is InChI=1S/C14H18N2O3/c1-5-11(17)16-10-8-6-7-9(15)12(10)13(18)19-14(2,3)4/h5-8H,1,15H2,2-4H3,(H,16,17). The van der Waals surface area contributed by atoms with E-state index in [4.69, 9.17) is 10.5 Å². The highest BCUT2D eigenvalue weighted by Crippen LogP contribution is 2.25. The lowest BCUT2D eigenvalue weighted by Gasteiger charge is -2.21. The number of rotatable bonds is 3. The molecule has 1 rings (SSSR count). The minimum Gasteiger partial charge on any atom is -0.456 e. The van der Waals surface area contributed by atoms with Gasteiger partial charge in [-0.3, -0.25) is 4.79 Å². The summed E-state index contributed by atoms with van der Waals surface area (Å²) in [6.45, 7) is 8.62. The molecule has 19 heavy (non-hydrogen) atoms. The third kappa shape index (κ3) is 4.13. The van der Waals surface area contributed by atoms with E-state index < -0.39 is 17.5 Å². The van der Waals surface area contributed by atoms with Crippen LogP contribution in [0.2, 0.25) is 0 Å². The van der Waals surface area contributed by atoms with Gasteiger partial charge in [-0.2, -0.15) is 0 Å². The van der Waals surface area contributed by atoms with Crippen LogP contribution >= 0.6 is 0 Å². The molecule has 0 heterocycles. The van der Waals surface area contributed by atoms with E-state index in [2.05, 4.69) is 11.9 Å². The molecule has 0 aromatic heterocycles. The Balaban J connectivity index is 3.14. The average Bonchev–Trinajstić information content (AvgIpc) is 2.26. The van der Waals surface area contributed by atoms with Gasteiger partial charge in [0.05, 0.1) is 5.69 Å². The summed E-state index contributed by atoms with van der Waals surface area (Å²) < 4.78 is 5.26. The van der Waals surface area contributed by atoms with E-state index in [9.17, 15) is 9.59 Å². The van der Waals surface area contributed by atoms with E-state index in [1.165, 1.54) is 0 Å². The van der Waals surface area contributed by atoms with Gasteiger partial charge >= 0.3 is 5.97 Å². The summed E-state index contributed by atoms with van der Waals surface area (Å²) in [6, 6.07) is 4.79. The van der Waals surface area contributed by atoms with Crippen LogP contribution in [-0.2, 0) is 9.53 Å². The summed E-state index contributed by atoms with van der Waals surface area (Å²) in [5, 5.41) is 2.53. The molecular formula is C14H18N2O3. The Kier molecular flexibility index (Phi) is 4.32. The van der Waals surface area contributed by atoms with Gasteiger partial charge in [0.25, 0.3) is 0 Å². The second-order valence-electron chi connectivity index (χ2n) is 4.97. The van der Waals surface area contributed by atoms with E-state index in [-0.39, 0.29) is 11.3 Å². The topological polar surface area (TPSA) is 81.4 Å². The smallest absolute Gasteiger partial charge is 0.342 e. The Morgan fingerprint density at radius 3 is 2.53 bits per heavy atom. The lowest BCUT2D eigenvalue weighted by Crippen LogP contribution is -2.25. The number of ether oxygens (including phenoxy) is 1. The molecule has 3 N–H and O–H groups in total. The third-order valence-electron chi connectivity index (χ3n) is 2.14. The normalized spacial score (nSPS) is 10.7.